The molecule has 2 N–H and O–H groups in total. The van der Waals surface area contributed by atoms with Crippen LogP contribution in [0.4, 0.5) is 0 Å². The van der Waals surface area contributed by atoms with Crippen LogP contribution >= 0.6 is 0 Å². The fourth-order valence-corrected chi connectivity index (χ4v) is 9.84. The summed E-state index contributed by atoms with van der Waals surface area (Å²) < 4.78 is 32.3. The number of rotatable bonds is 17. The molecule has 4 aromatic carbocycles. The van der Waals surface area contributed by atoms with Gasteiger partial charge in [0.1, 0.15) is 28.9 Å². The highest BCUT2D eigenvalue weighted by Crippen LogP contribution is 2.62. The third-order valence-electron chi connectivity index (χ3n) is 12.7. The zero-order chi connectivity index (χ0) is 44.1. The minimum absolute atomic E-state index is 0.0668. The van der Waals surface area contributed by atoms with Gasteiger partial charge in [0.05, 0.1) is 18.2 Å². The number of benzene rings is 4. The Morgan fingerprint density at radius 1 is 0.873 bits per heavy atom. The van der Waals surface area contributed by atoms with Crippen molar-refractivity contribution in [3.8, 4) is 39.9 Å². The summed E-state index contributed by atoms with van der Waals surface area (Å²) in [6.07, 6.45) is 9.01. The van der Waals surface area contributed by atoms with E-state index in [0.29, 0.717) is 47.2 Å². The highest BCUT2D eigenvalue weighted by Gasteiger charge is 2.65. The summed E-state index contributed by atoms with van der Waals surface area (Å²) in [7, 11) is 1.79. The first-order valence-electron chi connectivity index (χ1n) is 22.3. The van der Waals surface area contributed by atoms with Gasteiger partial charge in [-0.05, 0) is 124 Å². The van der Waals surface area contributed by atoms with E-state index in [4.69, 9.17) is 33.7 Å². The lowest BCUT2D eigenvalue weighted by Gasteiger charge is -2.59. The maximum Gasteiger partial charge on any atom is 0.254 e. The smallest absolute Gasteiger partial charge is 0.254 e. The van der Waals surface area contributed by atoms with E-state index in [1.54, 1.807) is 36.2 Å². The van der Waals surface area contributed by atoms with Gasteiger partial charge in [-0.2, -0.15) is 0 Å². The fraction of sp³-hybridized carbons (Fsp3) is 0.423. The van der Waals surface area contributed by atoms with Gasteiger partial charge in [0.25, 0.3) is 5.91 Å². The van der Waals surface area contributed by atoms with Crippen LogP contribution in [0.1, 0.15) is 87.6 Å². The van der Waals surface area contributed by atoms with Crippen molar-refractivity contribution in [3.05, 3.63) is 126 Å². The van der Waals surface area contributed by atoms with Gasteiger partial charge in [-0.3, -0.25) is 4.79 Å². The van der Waals surface area contributed by atoms with Gasteiger partial charge < -0.3 is 43.6 Å². The molecule has 1 saturated carbocycles. The molecule has 0 bridgehead atoms. The quantitative estimate of drug-likeness (QED) is 0.0606. The summed E-state index contributed by atoms with van der Waals surface area (Å²) in [5.41, 5.74) is 4.74. The number of carbonyl (C=O) groups is 1. The van der Waals surface area contributed by atoms with Crippen LogP contribution in [-0.4, -0.2) is 77.8 Å². The fourth-order valence-electron chi connectivity index (χ4n) is 9.84. The van der Waals surface area contributed by atoms with Crippen molar-refractivity contribution in [3.63, 3.8) is 0 Å². The molecule has 63 heavy (non-hydrogen) atoms. The number of carbonyl (C=O) groups excluding carboxylic acids is 1. The minimum atomic E-state index is -1.39. The number of allylic oxidation sites excluding steroid dienone is 1. The molecule has 8 rings (SSSR count). The lowest BCUT2D eigenvalue weighted by atomic mass is 9.55. The molecule has 0 radical (unpaired) electrons. The van der Waals surface area contributed by atoms with Crippen LogP contribution in [0.2, 0.25) is 0 Å². The number of hydrogen-bond donors (Lipinski definition) is 2. The molecule has 11 heteroatoms. The summed E-state index contributed by atoms with van der Waals surface area (Å²) in [4.78, 5) is 22.7. The zero-order valence-corrected chi connectivity index (χ0v) is 36.8. The molecule has 11 nitrogen and oxygen atoms in total. The van der Waals surface area contributed by atoms with Crippen molar-refractivity contribution in [2.75, 3.05) is 33.7 Å². The predicted molar refractivity (Wildman–Crippen MR) is 242 cm³/mol. The summed E-state index contributed by atoms with van der Waals surface area (Å²) in [6, 6.07) is 28.9. The van der Waals surface area contributed by atoms with E-state index in [9.17, 15) is 15.0 Å². The number of fused-ring (bicyclic) bond motifs is 3. The number of amides is 1. The van der Waals surface area contributed by atoms with E-state index in [0.717, 1.165) is 53.7 Å². The maximum atomic E-state index is 14.8. The average molecular weight is 857 g/mol. The monoisotopic (exact) mass is 856 g/mol. The third kappa shape index (κ3) is 9.23. The molecule has 4 aromatic rings. The first-order chi connectivity index (χ1) is 30.5. The molecule has 2 aliphatic carbocycles. The second-order valence-corrected chi connectivity index (χ2v) is 18.0. The Kier molecular flexibility index (Phi) is 13.3. The molecular weight excluding hydrogens is 797 g/mol. The number of likely N-dealkylation sites (N-methyl/N-ethyl adjacent to an activating group) is 1. The summed E-state index contributed by atoms with van der Waals surface area (Å²) in [5.74, 6) is 1.000. The Labute approximate surface area is 370 Å². The number of oxime groups is 1. The zero-order valence-electron chi connectivity index (χ0n) is 36.8. The van der Waals surface area contributed by atoms with Crippen molar-refractivity contribution in [1.82, 2.24) is 4.90 Å². The number of ether oxygens (including phenoxy) is 5. The van der Waals surface area contributed by atoms with Crippen LogP contribution in [0.3, 0.4) is 0 Å². The van der Waals surface area contributed by atoms with Crippen LogP contribution in [0.25, 0.3) is 11.1 Å². The van der Waals surface area contributed by atoms with Crippen LogP contribution in [0, 0.1) is 17.8 Å². The highest BCUT2D eigenvalue weighted by molar-refractivity contribution is 6.03. The van der Waals surface area contributed by atoms with E-state index in [1.807, 2.05) is 63.2 Å². The Morgan fingerprint density at radius 2 is 1.57 bits per heavy atom. The van der Waals surface area contributed by atoms with Crippen molar-refractivity contribution in [1.29, 1.82) is 0 Å². The summed E-state index contributed by atoms with van der Waals surface area (Å²) in [6.45, 7) is 10.4. The van der Waals surface area contributed by atoms with Gasteiger partial charge in [-0.25, -0.2) is 0 Å². The predicted octanol–water partition coefficient (Wildman–Crippen LogP) is 10.1. The van der Waals surface area contributed by atoms with Gasteiger partial charge >= 0.3 is 0 Å². The maximum absolute atomic E-state index is 14.8. The Bertz CT molecular complexity index is 2300. The standard InChI is InChI=1S/C52H60N2O9/c1-6-28-60-52-47(54(5)50(57)37-20-24-45-46(30-37)59-33-58-45)32-43(53-63-51(2,3)4)41-29-36(16-10-12-26-55)40(17-11-13-27-56)48(49(41)52)42-31-39(23-25-44(42)62-52)61-38-21-18-35(19-22-38)34-14-8-7-9-15-34/h6-9,14-15,18-25,29-31,36,40,47-49,55-56H,1,10-13,16-17,26-28,32-33H2,2-5H3. The van der Waals surface area contributed by atoms with Gasteiger partial charge in [0, 0.05) is 43.7 Å². The van der Waals surface area contributed by atoms with E-state index < -0.39 is 23.3 Å². The lowest BCUT2D eigenvalue weighted by Crippen LogP contribution is -2.69. The number of unbranched alkanes of at least 4 members (excludes halogenated alkanes) is 2. The van der Waals surface area contributed by atoms with Gasteiger partial charge in [-0.1, -0.05) is 72.6 Å². The van der Waals surface area contributed by atoms with Gasteiger partial charge in [0.2, 0.25) is 12.6 Å². The molecule has 2 aliphatic heterocycles. The SMILES string of the molecule is C=CCOC12Oc3ccc(Oc4ccc(-c5ccccc5)cc4)cc3C3C(CCCCO)C(CCCCO)C=C(C(=NOC(C)(C)C)CC1N(C)C(=O)c1ccc4c(c1)OCO4)C32. The lowest BCUT2D eigenvalue weighted by molar-refractivity contribution is -0.252. The summed E-state index contributed by atoms with van der Waals surface area (Å²) >= 11 is 0. The molecule has 0 spiro atoms. The van der Waals surface area contributed by atoms with Gasteiger partial charge in [0.15, 0.2) is 11.5 Å². The Hall–Kier alpha value is -5.62. The molecular formula is C52H60N2O9. The first kappa shape index (κ1) is 44.0. The van der Waals surface area contributed by atoms with Gasteiger partial charge in [-0.15, -0.1) is 6.58 Å². The molecule has 0 saturated heterocycles. The molecule has 332 valence electrons. The minimum Gasteiger partial charge on any atom is -0.459 e. The van der Waals surface area contributed by atoms with Crippen LogP contribution < -0.4 is 18.9 Å². The van der Waals surface area contributed by atoms with E-state index in [2.05, 4.69) is 43.0 Å². The van der Waals surface area contributed by atoms with Crippen molar-refractivity contribution in [2.45, 2.75) is 89.1 Å². The second-order valence-electron chi connectivity index (χ2n) is 18.0. The summed E-state index contributed by atoms with van der Waals surface area (Å²) in [5, 5.41) is 24.8. The molecule has 6 atom stereocenters. The Morgan fingerprint density at radius 3 is 2.30 bits per heavy atom. The van der Waals surface area contributed by atoms with Crippen LogP contribution in [0.15, 0.2) is 120 Å². The number of nitrogens with zero attached hydrogens (tertiary/aromatic N) is 2. The average Bonchev–Trinajstić information content (AvgIpc) is 3.77. The molecule has 6 unspecified atom stereocenters. The van der Waals surface area contributed by atoms with Crippen LogP contribution in [-0.2, 0) is 9.57 Å². The normalized spacial score (nSPS) is 23.8. The van der Waals surface area contributed by atoms with Crippen molar-refractivity contribution < 1.29 is 43.5 Å². The molecule has 1 amide bonds. The third-order valence-corrected chi connectivity index (χ3v) is 12.7. The number of aliphatic hydroxyl groups excluding tert-OH is 2. The molecule has 4 aliphatic rings. The van der Waals surface area contributed by atoms with Crippen molar-refractivity contribution in [2.24, 2.45) is 22.9 Å². The van der Waals surface area contributed by atoms with E-state index in [1.165, 1.54) is 0 Å². The van der Waals surface area contributed by atoms with Crippen LogP contribution in [0.5, 0.6) is 28.7 Å². The second kappa shape index (κ2) is 19.0. The topological polar surface area (TPSA) is 129 Å². The van der Waals surface area contributed by atoms with E-state index >= 15 is 0 Å². The Balaban J connectivity index is 1.28. The number of hydrogen-bond acceptors (Lipinski definition) is 10. The molecule has 2 heterocycles. The molecule has 0 aromatic heterocycles. The largest absolute Gasteiger partial charge is 0.459 e. The molecule has 1 fully saturated rings. The van der Waals surface area contributed by atoms with E-state index in [-0.39, 0.29) is 56.7 Å². The highest BCUT2D eigenvalue weighted by atomic mass is 16.7. The van der Waals surface area contributed by atoms with Crippen molar-refractivity contribution >= 4 is 11.6 Å². The number of aliphatic hydroxyl groups is 2. The first-order valence-corrected chi connectivity index (χ1v) is 22.3.